The number of methoxy groups -OCH3 is 1. The fraction of sp³-hybridized carbons (Fsp3) is 0.190. The number of fused-ring (bicyclic) bond motifs is 1. The van der Waals surface area contributed by atoms with E-state index in [4.69, 9.17) is 9.47 Å². The molecule has 0 aliphatic heterocycles. The van der Waals surface area contributed by atoms with Crippen LogP contribution >= 0.6 is 0 Å². The zero-order valence-electron chi connectivity index (χ0n) is 15.6. The lowest BCUT2D eigenvalue weighted by atomic mass is 10.0. The van der Waals surface area contributed by atoms with Crippen LogP contribution in [0, 0.1) is 0 Å². The van der Waals surface area contributed by atoms with Gasteiger partial charge in [-0.05, 0) is 60.0 Å². The zero-order valence-corrected chi connectivity index (χ0v) is 16.4. The summed E-state index contributed by atoms with van der Waals surface area (Å²) in [6.07, 6.45) is 3.13. The summed E-state index contributed by atoms with van der Waals surface area (Å²) in [6.45, 7) is 3.26. The third-order valence-electron chi connectivity index (χ3n) is 4.37. The summed E-state index contributed by atoms with van der Waals surface area (Å²) < 4.78 is 34.0. The Kier molecular flexibility index (Phi) is 4.93. The summed E-state index contributed by atoms with van der Waals surface area (Å²) in [6, 6.07) is 12.3. The van der Waals surface area contributed by atoms with E-state index in [1.807, 2.05) is 31.2 Å². The second kappa shape index (κ2) is 7.04. The number of hydrogen-bond donors (Lipinski definition) is 0. The highest BCUT2D eigenvalue weighted by atomic mass is 32.2. The molecule has 0 atom stereocenters. The standard InChI is InChI=1S/C21H20O5S/c1-13-19(11-15-5-8-17(9-6-15)27(4,23)24)18-10-7-16(25-3)12-20(18)21(13)26-14(2)22/h5-12H,1-4H3/b19-11+. The molecule has 0 aromatic heterocycles. The first kappa shape index (κ1) is 18.9. The molecule has 1 aliphatic rings. The number of carbonyl (C=O) groups excluding carboxylic acids is 1. The Morgan fingerprint density at radius 1 is 1.04 bits per heavy atom. The minimum atomic E-state index is -3.24. The Balaban J connectivity index is 2.11. The van der Waals surface area contributed by atoms with E-state index in [9.17, 15) is 13.2 Å². The first-order valence-corrected chi connectivity index (χ1v) is 10.2. The summed E-state index contributed by atoms with van der Waals surface area (Å²) in [5.41, 5.74) is 4.32. The van der Waals surface area contributed by atoms with E-state index in [0.717, 1.165) is 27.8 Å². The SMILES string of the molecule is COc1ccc2c(c1)C(OC(C)=O)=C(C)/C2=C\c1ccc(S(C)(=O)=O)cc1. The quantitative estimate of drug-likeness (QED) is 0.747. The van der Waals surface area contributed by atoms with Gasteiger partial charge < -0.3 is 9.47 Å². The van der Waals surface area contributed by atoms with E-state index in [1.165, 1.54) is 13.2 Å². The Hall–Kier alpha value is -2.86. The zero-order chi connectivity index (χ0) is 19.8. The number of esters is 1. The lowest BCUT2D eigenvalue weighted by Gasteiger charge is -2.07. The van der Waals surface area contributed by atoms with Crippen LogP contribution < -0.4 is 4.74 Å². The topological polar surface area (TPSA) is 69.7 Å². The van der Waals surface area contributed by atoms with Crippen LogP contribution in [0.15, 0.2) is 52.9 Å². The number of ether oxygens (including phenoxy) is 2. The van der Waals surface area contributed by atoms with Gasteiger partial charge in [-0.25, -0.2) is 8.42 Å². The summed E-state index contributed by atoms with van der Waals surface area (Å²) in [4.78, 5) is 11.8. The van der Waals surface area contributed by atoms with Crippen molar-refractivity contribution in [3.05, 3.63) is 64.7 Å². The van der Waals surface area contributed by atoms with Crippen LogP contribution in [0.2, 0.25) is 0 Å². The van der Waals surface area contributed by atoms with Gasteiger partial charge in [0.25, 0.3) is 0 Å². The molecule has 27 heavy (non-hydrogen) atoms. The van der Waals surface area contributed by atoms with E-state index >= 15 is 0 Å². The summed E-state index contributed by atoms with van der Waals surface area (Å²) >= 11 is 0. The molecular formula is C21H20O5S. The van der Waals surface area contributed by atoms with Crippen molar-refractivity contribution in [2.24, 2.45) is 0 Å². The first-order valence-electron chi connectivity index (χ1n) is 8.31. The van der Waals surface area contributed by atoms with Gasteiger partial charge in [-0.15, -0.1) is 0 Å². The number of benzene rings is 2. The molecule has 2 aromatic carbocycles. The van der Waals surface area contributed by atoms with E-state index in [0.29, 0.717) is 11.5 Å². The van der Waals surface area contributed by atoms with E-state index in [1.54, 1.807) is 31.4 Å². The molecule has 0 N–H and O–H groups in total. The summed E-state index contributed by atoms with van der Waals surface area (Å²) in [5.74, 6) is 0.789. The van der Waals surface area contributed by atoms with Gasteiger partial charge >= 0.3 is 5.97 Å². The van der Waals surface area contributed by atoms with E-state index < -0.39 is 15.8 Å². The average Bonchev–Trinajstić information content (AvgIpc) is 2.86. The summed E-state index contributed by atoms with van der Waals surface area (Å²) in [7, 11) is -1.66. The van der Waals surface area contributed by atoms with Crippen LogP contribution in [0.3, 0.4) is 0 Å². The Morgan fingerprint density at radius 2 is 1.70 bits per heavy atom. The second-order valence-corrected chi connectivity index (χ2v) is 8.37. The maximum atomic E-state index is 11.6. The normalized spacial score (nSPS) is 15.0. The van der Waals surface area contributed by atoms with Crippen molar-refractivity contribution >= 4 is 33.2 Å². The number of sulfone groups is 1. The molecule has 0 fully saturated rings. The molecule has 6 heteroatoms. The molecule has 0 saturated carbocycles. The van der Waals surface area contributed by atoms with Crippen molar-refractivity contribution in [3.8, 4) is 5.75 Å². The van der Waals surface area contributed by atoms with Crippen molar-refractivity contribution < 1.29 is 22.7 Å². The maximum absolute atomic E-state index is 11.6. The number of hydrogen-bond acceptors (Lipinski definition) is 5. The average molecular weight is 384 g/mol. The van der Waals surface area contributed by atoms with Gasteiger partial charge in [0.2, 0.25) is 0 Å². The van der Waals surface area contributed by atoms with Gasteiger partial charge in [-0.2, -0.15) is 0 Å². The van der Waals surface area contributed by atoms with Crippen molar-refractivity contribution in [2.75, 3.05) is 13.4 Å². The molecule has 3 rings (SSSR count). The van der Waals surface area contributed by atoms with Crippen molar-refractivity contribution in [3.63, 3.8) is 0 Å². The monoisotopic (exact) mass is 384 g/mol. The van der Waals surface area contributed by atoms with Gasteiger partial charge in [-0.3, -0.25) is 4.79 Å². The van der Waals surface area contributed by atoms with Crippen molar-refractivity contribution in [1.82, 2.24) is 0 Å². The van der Waals surface area contributed by atoms with Crippen LogP contribution in [0.5, 0.6) is 5.75 Å². The first-order chi connectivity index (χ1) is 12.7. The van der Waals surface area contributed by atoms with Gasteiger partial charge in [0.1, 0.15) is 11.5 Å². The van der Waals surface area contributed by atoms with Gasteiger partial charge in [0.05, 0.1) is 12.0 Å². The Labute approximate surface area is 158 Å². The van der Waals surface area contributed by atoms with Gasteiger partial charge in [-0.1, -0.05) is 12.1 Å². The predicted octanol–water partition coefficient (Wildman–Crippen LogP) is 3.95. The van der Waals surface area contributed by atoms with E-state index in [2.05, 4.69) is 0 Å². The lowest BCUT2D eigenvalue weighted by Crippen LogP contribution is -1.98. The largest absolute Gasteiger partial charge is 0.497 e. The third-order valence-corrected chi connectivity index (χ3v) is 5.50. The van der Waals surface area contributed by atoms with E-state index in [-0.39, 0.29) is 4.90 Å². The summed E-state index contributed by atoms with van der Waals surface area (Å²) in [5, 5.41) is 0. The van der Waals surface area contributed by atoms with Crippen molar-refractivity contribution in [2.45, 2.75) is 18.7 Å². The molecule has 1 aliphatic carbocycles. The van der Waals surface area contributed by atoms with Gasteiger partial charge in [0, 0.05) is 24.3 Å². The Morgan fingerprint density at radius 3 is 2.26 bits per heavy atom. The van der Waals surface area contributed by atoms with Crippen LogP contribution in [0.1, 0.15) is 30.5 Å². The molecule has 0 unspecified atom stereocenters. The lowest BCUT2D eigenvalue weighted by molar-refractivity contribution is -0.134. The predicted molar refractivity (Wildman–Crippen MR) is 105 cm³/mol. The van der Waals surface area contributed by atoms with Crippen LogP contribution in [0.25, 0.3) is 17.4 Å². The van der Waals surface area contributed by atoms with Crippen LogP contribution in [0.4, 0.5) is 0 Å². The maximum Gasteiger partial charge on any atom is 0.308 e. The van der Waals surface area contributed by atoms with Crippen molar-refractivity contribution in [1.29, 1.82) is 0 Å². The molecule has 2 aromatic rings. The molecule has 0 radical (unpaired) electrons. The highest BCUT2D eigenvalue weighted by Gasteiger charge is 2.27. The van der Waals surface area contributed by atoms with Crippen LogP contribution in [-0.4, -0.2) is 27.8 Å². The number of rotatable bonds is 4. The second-order valence-electron chi connectivity index (χ2n) is 6.36. The molecule has 140 valence electrons. The molecular weight excluding hydrogens is 364 g/mol. The van der Waals surface area contributed by atoms with Crippen LogP contribution in [-0.2, 0) is 19.4 Å². The Bertz CT molecular complexity index is 1070. The molecule has 5 nitrogen and oxygen atoms in total. The third kappa shape index (κ3) is 3.80. The molecule has 0 saturated heterocycles. The highest BCUT2D eigenvalue weighted by Crippen LogP contribution is 2.44. The minimum absolute atomic E-state index is 0.272. The smallest absolute Gasteiger partial charge is 0.308 e. The molecule has 0 heterocycles. The molecule has 0 bridgehead atoms. The highest BCUT2D eigenvalue weighted by molar-refractivity contribution is 7.90. The number of carbonyl (C=O) groups is 1. The number of allylic oxidation sites excluding steroid dienone is 2. The fourth-order valence-corrected chi connectivity index (χ4v) is 3.67. The van der Waals surface area contributed by atoms with Gasteiger partial charge in [0.15, 0.2) is 9.84 Å². The minimum Gasteiger partial charge on any atom is -0.497 e. The fourth-order valence-electron chi connectivity index (χ4n) is 3.04. The molecule has 0 spiro atoms. The molecule has 0 amide bonds.